The third kappa shape index (κ3) is 4.46. The zero-order valence-corrected chi connectivity index (χ0v) is 26.9. The number of rotatable bonds is 5. The summed E-state index contributed by atoms with van der Waals surface area (Å²) in [7, 11) is 0. The topological polar surface area (TPSA) is 3.24 Å². The Kier molecular flexibility index (Phi) is 6.65. The molecule has 0 spiro atoms. The van der Waals surface area contributed by atoms with Gasteiger partial charge in [0.2, 0.25) is 0 Å². The summed E-state index contributed by atoms with van der Waals surface area (Å²) in [4.78, 5) is 2.48. The minimum Gasteiger partial charge on any atom is -0.310 e. The summed E-state index contributed by atoms with van der Waals surface area (Å²) >= 11 is 0. The number of hydrogen-bond acceptors (Lipinski definition) is 1. The Labute approximate surface area is 272 Å². The molecule has 0 N–H and O–H groups in total. The second-order valence-electron chi connectivity index (χ2n) is 13.1. The average molecular weight is 592 g/mol. The van der Waals surface area contributed by atoms with E-state index in [9.17, 15) is 0 Å². The highest BCUT2D eigenvalue weighted by atomic mass is 15.1. The van der Waals surface area contributed by atoms with Crippen molar-refractivity contribution in [2.24, 2.45) is 0 Å². The fraction of sp³-hybridized carbons (Fsp3) is 0.111. The Morgan fingerprint density at radius 3 is 2.00 bits per heavy atom. The summed E-state index contributed by atoms with van der Waals surface area (Å²) in [6.45, 7) is 9.20. The molecule has 0 radical (unpaired) electrons. The maximum atomic E-state index is 2.48. The van der Waals surface area contributed by atoms with E-state index in [2.05, 4.69) is 184 Å². The molecule has 222 valence electrons. The van der Waals surface area contributed by atoms with Crippen molar-refractivity contribution >= 4 is 27.8 Å². The van der Waals surface area contributed by atoms with Gasteiger partial charge >= 0.3 is 0 Å². The van der Waals surface area contributed by atoms with E-state index in [1.54, 1.807) is 0 Å². The van der Waals surface area contributed by atoms with Gasteiger partial charge in [-0.3, -0.25) is 0 Å². The molecule has 8 rings (SSSR count). The first-order chi connectivity index (χ1) is 22.4. The van der Waals surface area contributed by atoms with Gasteiger partial charge in [-0.15, -0.1) is 0 Å². The van der Waals surface area contributed by atoms with E-state index >= 15 is 0 Å². The van der Waals surface area contributed by atoms with E-state index in [-0.39, 0.29) is 5.41 Å². The molecule has 0 bridgehead atoms. The molecular formula is C45H37N. The lowest BCUT2D eigenvalue weighted by atomic mass is 9.82. The van der Waals surface area contributed by atoms with Gasteiger partial charge in [0.15, 0.2) is 0 Å². The molecule has 0 saturated heterocycles. The van der Waals surface area contributed by atoms with Crippen LogP contribution in [0.5, 0.6) is 0 Å². The van der Waals surface area contributed by atoms with E-state index in [4.69, 9.17) is 0 Å². The monoisotopic (exact) mass is 591 g/mol. The van der Waals surface area contributed by atoms with E-state index in [0.29, 0.717) is 0 Å². The van der Waals surface area contributed by atoms with Gasteiger partial charge in [0, 0.05) is 22.4 Å². The summed E-state index contributed by atoms with van der Waals surface area (Å²) < 4.78 is 0. The molecule has 7 aromatic rings. The Balaban J connectivity index is 1.42. The van der Waals surface area contributed by atoms with Crippen LogP contribution < -0.4 is 4.90 Å². The molecule has 46 heavy (non-hydrogen) atoms. The normalized spacial score (nSPS) is 13.0. The van der Waals surface area contributed by atoms with Crippen LogP contribution in [0.2, 0.25) is 0 Å². The van der Waals surface area contributed by atoms with Gasteiger partial charge < -0.3 is 4.90 Å². The first-order valence-electron chi connectivity index (χ1n) is 16.2. The molecule has 1 aliphatic carbocycles. The number of nitrogens with zero attached hydrogens (tertiary/aromatic N) is 1. The van der Waals surface area contributed by atoms with Gasteiger partial charge in [-0.05, 0) is 105 Å². The zero-order valence-electron chi connectivity index (χ0n) is 26.9. The molecule has 0 amide bonds. The Hall–Kier alpha value is -5.40. The van der Waals surface area contributed by atoms with Crippen LogP contribution in [0, 0.1) is 13.8 Å². The van der Waals surface area contributed by atoms with E-state index < -0.39 is 0 Å². The van der Waals surface area contributed by atoms with Gasteiger partial charge in [-0.2, -0.15) is 0 Å². The Morgan fingerprint density at radius 2 is 1.15 bits per heavy atom. The maximum absolute atomic E-state index is 2.48. The highest BCUT2D eigenvalue weighted by molar-refractivity contribution is 6.06. The summed E-state index contributed by atoms with van der Waals surface area (Å²) in [5.74, 6) is 0. The standard InChI is InChI=1S/C45H37N/c1-30-14-8-10-21-37(30)44-38-22-11-9-18-33(38)24-27-42(44)46(35-20-13-19-34(28-35)32-16-6-5-7-17-32)36-25-26-39-41(29-36)45(3,4)40-23-12-15-31(2)43(39)40/h5-29H,1-4H3. The van der Waals surface area contributed by atoms with Crippen molar-refractivity contribution in [3.63, 3.8) is 0 Å². The van der Waals surface area contributed by atoms with Crippen LogP contribution in [0.15, 0.2) is 152 Å². The quantitative estimate of drug-likeness (QED) is 0.192. The first kappa shape index (κ1) is 28.1. The third-order valence-corrected chi connectivity index (χ3v) is 9.92. The van der Waals surface area contributed by atoms with Gasteiger partial charge in [0.25, 0.3) is 0 Å². The molecule has 0 aliphatic heterocycles. The van der Waals surface area contributed by atoms with Crippen LogP contribution in [0.1, 0.15) is 36.1 Å². The Morgan fingerprint density at radius 1 is 0.457 bits per heavy atom. The molecular weight excluding hydrogens is 555 g/mol. The Bertz CT molecular complexity index is 2260. The number of hydrogen-bond donors (Lipinski definition) is 0. The van der Waals surface area contributed by atoms with Gasteiger partial charge in [0.05, 0.1) is 5.69 Å². The fourth-order valence-electron chi connectivity index (χ4n) is 7.56. The molecule has 0 aromatic heterocycles. The maximum Gasteiger partial charge on any atom is 0.0546 e. The van der Waals surface area contributed by atoms with E-state index in [0.717, 1.165) is 11.4 Å². The lowest BCUT2D eigenvalue weighted by molar-refractivity contribution is 0.660. The number of benzene rings is 7. The van der Waals surface area contributed by atoms with Crippen LogP contribution in [-0.2, 0) is 5.41 Å². The van der Waals surface area contributed by atoms with Crippen molar-refractivity contribution in [2.75, 3.05) is 4.90 Å². The smallest absolute Gasteiger partial charge is 0.0546 e. The molecule has 1 nitrogen and oxygen atoms in total. The molecule has 0 fully saturated rings. The highest BCUT2D eigenvalue weighted by Gasteiger charge is 2.37. The lowest BCUT2D eigenvalue weighted by Crippen LogP contribution is -2.17. The molecule has 0 heterocycles. The molecule has 0 unspecified atom stereocenters. The zero-order chi connectivity index (χ0) is 31.4. The van der Waals surface area contributed by atoms with E-state index in [1.807, 2.05) is 0 Å². The SMILES string of the molecule is Cc1ccccc1-c1c(N(c2cccc(-c3ccccc3)c2)c2ccc3c(c2)C(C)(C)c2cccc(C)c2-3)ccc2ccccc12. The summed E-state index contributed by atoms with van der Waals surface area (Å²) in [5, 5.41) is 2.49. The second kappa shape index (κ2) is 10.9. The fourth-order valence-corrected chi connectivity index (χ4v) is 7.56. The largest absolute Gasteiger partial charge is 0.310 e. The predicted octanol–water partition coefficient (Wildman–Crippen LogP) is 12.6. The minimum atomic E-state index is -0.105. The van der Waals surface area contributed by atoms with Crippen molar-refractivity contribution in [3.05, 3.63) is 174 Å². The number of aryl methyl sites for hydroxylation is 2. The van der Waals surface area contributed by atoms with Crippen molar-refractivity contribution in [1.82, 2.24) is 0 Å². The van der Waals surface area contributed by atoms with Gasteiger partial charge in [0.1, 0.15) is 0 Å². The molecule has 0 saturated carbocycles. The molecule has 1 aliphatic rings. The van der Waals surface area contributed by atoms with Crippen molar-refractivity contribution < 1.29 is 0 Å². The van der Waals surface area contributed by atoms with Gasteiger partial charge in [-0.25, -0.2) is 0 Å². The van der Waals surface area contributed by atoms with Crippen LogP contribution in [0.4, 0.5) is 17.1 Å². The average Bonchev–Trinajstić information content (AvgIpc) is 3.32. The summed E-state index contributed by atoms with van der Waals surface area (Å²) in [5.41, 5.74) is 16.4. The molecule has 1 heteroatoms. The van der Waals surface area contributed by atoms with Crippen LogP contribution in [-0.4, -0.2) is 0 Å². The lowest BCUT2D eigenvalue weighted by Gasteiger charge is -2.31. The van der Waals surface area contributed by atoms with E-state index in [1.165, 1.54) is 72.1 Å². The number of fused-ring (bicyclic) bond motifs is 4. The van der Waals surface area contributed by atoms with Crippen molar-refractivity contribution in [2.45, 2.75) is 33.1 Å². The highest BCUT2D eigenvalue weighted by Crippen LogP contribution is 2.53. The van der Waals surface area contributed by atoms with Crippen LogP contribution >= 0.6 is 0 Å². The second-order valence-corrected chi connectivity index (χ2v) is 13.1. The van der Waals surface area contributed by atoms with Crippen LogP contribution in [0.3, 0.4) is 0 Å². The summed E-state index contributed by atoms with van der Waals surface area (Å²) in [6, 6.07) is 55.7. The van der Waals surface area contributed by atoms with Crippen molar-refractivity contribution in [1.29, 1.82) is 0 Å². The van der Waals surface area contributed by atoms with Crippen LogP contribution in [0.25, 0.3) is 44.2 Å². The predicted molar refractivity (Wildman–Crippen MR) is 197 cm³/mol. The van der Waals surface area contributed by atoms with Crippen molar-refractivity contribution in [3.8, 4) is 33.4 Å². The molecule has 7 aromatic carbocycles. The summed E-state index contributed by atoms with van der Waals surface area (Å²) in [6.07, 6.45) is 0. The molecule has 0 atom stereocenters. The van der Waals surface area contributed by atoms with Gasteiger partial charge in [-0.1, -0.05) is 135 Å². The first-order valence-corrected chi connectivity index (χ1v) is 16.2. The third-order valence-electron chi connectivity index (χ3n) is 9.92. The number of anilines is 3. The minimum absolute atomic E-state index is 0.105.